The van der Waals surface area contributed by atoms with E-state index >= 15 is 0 Å². The molecule has 13 heavy (non-hydrogen) atoms. The van der Waals surface area contributed by atoms with Crippen LogP contribution in [-0.4, -0.2) is 15.9 Å². The van der Waals surface area contributed by atoms with Gasteiger partial charge in [-0.2, -0.15) is 0 Å². The molecule has 74 valence electrons. The average Bonchev–Trinajstić information content (AvgIpc) is 2.01. The summed E-state index contributed by atoms with van der Waals surface area (Å²) in [5, 5.41) is 8.95. The van der Waals surface area contributed by atoms with E-state index in [1.807, 2.05) is 0 Å². The minimum atomic E-state index is -0.581. The van der Waals surface area contributed by atoms with E-state index in [4.69, 9.17) is 5.11 Å². The SMILES string of the molecule is O=C(O)C1C[C@H]2CC(Br)C[C@@H](C1)C2. The van der Waals surface area contributed by atoms with Gasteiger partial charge in [-0.15, -0.1) is 0 Å². The van der Waals surface area contributed by atoms with Crippen LogP contribution in [0.5, 0.6) is 0 Å². The van der Waals surface area contributed by atoms with E-state index in [0.717, 1.165) is 12.8 Å². The Morgan fingerprint density at radius 2 is 1.62 bits per heavy atom. The summed E-state index contributed by atoms with van der Waals surface area (Å²) in [5.41, 5.74) is 0. The van der Waals surface area contributed by atoms with Crippen molar-refractivity contribution >= 4 is 21.9 Å². The van der Waals surface area contributed by atoms with E-state index < -0.39 is 5.97 Å². The molecule has 0 heterocycles. The van der Waals surface area contributed by atoms with Crippen LogP contribution in [0, 0.1) is 17.8 Å². The first-order valence-electron chi connectivity index (χ1n) is 5.02. The molecule has 2 rings (SSSR count). The van der Waals surface area contributed by atoms with Crippen LogP contribution in [0.4, 0.5) is 0 Å². The normalized spacial score (nSPS) is 44.4. The molecule has 2 nitrogen and oxygen atoms in total. The number of carbonyl (C=O) groups is 1. The second-order valence-electron chi connectivity index (χ2n) is 4.54. The summed E-state index contributed by atoms with van der Waals surface area (Å²) in [6.45, 7) is 0. The van der Waals surface area contributed by atoms with E-state index in [-0.39, 0.29) is 5.92 Å². The lowest BCUT2D eigenvalue weighted by Crippen LogP contribution is -2.34. The van der Waals surface area contributed by atoms with Crippen molar-refractivity contribution in [2.24, 2.45) is 17.8 Å². The van der Waals surface area contributed by atoms with Crippen molar-refractivity contribution in [3.63, 3.8) is 0 Å². The summed E-state index contributed by atoms with van der Waals surface area (Å²) in [6.07, 6.45) is 5.45. The molecule has 0 aliphatic heterocycles. The van der Waals surface area contributed by atoms with Gasteiger partial charge >= 0.3 is 5.97 Å². The first-order chi connectivity index (χ1) is 6.15. The van der Waals surface area contributed by atoms with E-state index in [1.165, 1.54) is 19.3 Å². The summed E-state index contributed by atoms with van der Waals surface area (Å²) in [5.74, 6) is 0.697. The third-order valence-corrected chi connectivity index (χ3v) is 4.18. The molecule has 2 bridgehead atoms. The Hall–Kier alpha value is -0.0500. The van der Waals surface area contributed by atoms with Crippen molar-refractivity contribution in [1.82, 2.24) is 0 Å². The smallest absolute Gasteiger partial charge is 0.306 e. The van der Waals surface area contributed by atoms with Crippen LogP contribution >= 0.6 is 15.9 Å². The van der Waals surface area contributed by atoms with Gasteiger partial charge in [-0.3, -0.25) is 4.79 Å². The number of halogens is 1. The van der Waals surface area contributed by atoms with Gasteiger partial charge in [-0.1, -0.05) is 15.9 Å². The van der Waals surface area contributed by atoms with E-state index in [2.05, 4.69) is 15.9 Å². The highest BCUT2D eigenvalue weighted by atomic mass is 79.9. The molecule has 2 aliphatic rings. The highest BCUT2D eigenvalue weighted by molar-refractivity contribution is 9.09. The van der Waals surface area contributed by atoms with Crippen molar-refractivity contribution in [3.8, 4) is 0 Å². The zero-order chi connectivity index (χ0) is 9.42. The first-order valence-corrected chi connectivity index (χ1v) is 5.93. The summed E-state index contributed by atoms with van der Waals surface area (Å²) >= 11 is 3.65. The molecule has 0 radical (unpaired) electrons. The number of hydrogen-bond acceptors (Lipinski definition) is 1. The van der Waals surface area contributed by atoms with Gasteiger partial charge in [0.1, 0.15) is 0 Å². The van der Waals surface area contributed by atoms with Crippen molar-refractivity contribution in [3.05, 3.63) is 0 Å². The monoisotopic (exact) mass is 246 g/mol. The van der Waals surface area contributed by atoms with Crippen LogP contribution in [0.2, 0.25) is 0 Å². The Balaban J connectivity index is 2.01. The Kier molecular flexibility index (Phi) is 2.63. The summed E-state index contributed by atoms with van der Waals surface area (Å²) in [4.78, 5) is 11.5. The summed E-state index contributed by atoms with van der Waals surface area (Å²) < 4.78 is 0. The van der Waals surface area contributed by atoms with E-state index in [1.54, 1.807) is 0 Å². The molecule has 0 amide bonds. The van der Waals surface area contributed by atoms with Gasteiger partial charge in [0, 0.05) is 4.83 Å². The number of hydrogen-bond donors (Lipinski definition) is 1. The van der Waals surface area contributed by atoms with Gasteiger partial charge in [-0.25, -0.2) is 0 Å². The largest absolute Gasteiger partial charge is 0.481 e. The van der Waals surface area contributed by atoms with Crippen molar-refractivity contribution < 1.29 is 9.90 Å². The van der Waals surface area contributed by atoms with E-state index in [0.29, 0.717) is 16.7 Å². The zero-order valence-electron chi connectivity index (χ0n) is 7.58. The number of aliphatic carboxylic acids is 1. The van der Waals surface area contributed by atoms with Gasteiger partial charge in [0.15, 0.2) is 0 Å². The molecule has 4 atom stereocenters. The van der Waals surface area contributed by atoms with Gasteiger partial charge in [0.05, 0.1) is 5.92 Å². The van der Waals surface area contributed by atoms with Crippen LogP contribution in [0.1, 0.15) is 32.1 Å². The average molecular weight is 247 g/mol. The molecule has 0 aromatic rings. The predicted molar refractivity (Wildman–Crippen MR) is 53.9 cm³/mol. The van der Waals surface area contributed by atoms with Crippen LogP contribution in [-0.2, 0) is 4.79 Å². The van der Waals surface area contributed by atoms with Gasteiger partial charge in [0.2, 0.25) is 0 Å². The Morgan fingerprint density at radius 1 is 1.08 bits per heavy atom. The van der Waals surface area contributed by atoms with Crippen molar-refractivity contribution in [1.29, 1.82) is 0 Å². The zero-order valence-corrected chi connectivity index (χ0v) is 9.16. The number of carboxylic acid groups (broad SMARTS) is 1. The topological polar surface area (TPSA) is 37.3 Å². The molecule has 2 saturated carbocycles. The molecule has 2 aliphatic carbocycles. The summed E-state index contributed by atoms with van der Waals surface area (Å²) in [7, 11) is 0. The lowest BCUT2D eigenvalue weighted by molar-refractivity contribution is -0.144. The fourth-order valence-electron chi connectivity index (χ4n) is 2.97. The maximum Gasteiger partial charge on any atom is 0.306 e. The second kappa shape index (κ2) is 3.60. The highest BCUT2D eigenvalue weighted by Gasteiger charge is 2.37. The molecular formula is C10H15BrO2. The number of rotatable bonds is 1. The third-order valence-electron chi connectivity index (χ3n) is 3.43. The molecule has 3 heteroatoms. The molecule has 0 aromatic heterocycles. The molecule has 2 fully saturated rings. The lowest BCUT2D eigenvalue weighted by atomic mass is 9.68. The number of fused-ring (bicyclic) bond motifs is 2. The van der Waals surface area contributed by atoms with Crippen LogP contribution in [0.15, 0.2) is 0 Å². The Labute approximate surface area is 86.8 Å². The van der Waals surface area contributed by atoms with Gasteiger partial charge in [0.25, 0.3) is 0 Å². The maximum atomic E-state index is 10.9. The van der Waals surface area contributed by atoms with Crippen molar-refractivity contribution in [2.75, 3.05) is 0 Å². The fourth-order valence-corrected chi connectivity index (χ4v) is 4.03. The molecule has 0 aromatic carbocycles. The Bertz CT molecular complexity index is 199. The summed E-state index contributed by atoms with van der Waals surface area (Å²) in [6, 6.07) is 0. The predicted octanol–water partition coefficient (Wildman–Crippen LogP) is 2.66. The van der Waals surface area contributed by atoms with Crippen molar-refractivity contribution in [2.45, 2.75) is 36.9 Å². The molecule has 1 N–H and O–H groups in total. The van der Waals surface area contributed by atoms with Gasteiger partial charge in [-0.05, 0) is 43.9 Å². The fraction of sp³-hybridized carbons (Fsp3) is 0.900. The lowest BCUT2D eigenvalue weighted by Gasteiger charge is -2.39. The minimum Gasteiger partial charge on any atom is -0.481 e. The second-order valence-corrected chi connectivity index (χ2v) is 5.84. The quantitative estimate of drug-likeness (QED) is 0.723. The molecular weight excluding hydrogens is 232 g/mol. The van der Waals surface area contributed by atoms with Crippen LogP contribution < -0.4 is 0 Å². The Morgan fingerprint density at radius 3 is 2.08 bits per heavy atom. The molecule has 0 saturated heterocycles. The van der Waals surface area contributed by atoms with Crippen LogP contribution in [0.25, 0.3) is 0 Å². The van der Waals surface area contributed by atoms with Crippen LogP contribution in [0.3, 0.4) is 0 Å². The van der Waals surface area contributed by atoms with E-state index in [9.17, 15) is 4.79 Å². The molecule has 2 unspecified atom stereocenters. The first kappa shape index (κ1) is 9.50. The van der Waals surface area contributed by atoms with Gasteiger partial charge < -0.3 is 5.11 Å². The number of alkyl halides is 1. The number of carboxylic acids is 1. The molecule has 0 spiro atoms. The maximum absolute atomic E-state index is 10.9. The standard InChI is InChI=1S/C10H15BrO2/c11-9-4-6-1-7(5-9)3-8(2-6)10(12)13/h6-9H,1-5H2,(H,12,13)/t6-,7+,8?,9?. The minimum absolute atomic E-state index is 0.0521. The highest BCUT2D eigenvalue weighted by Crippen LogP contribution is 2.44. The third kappa shape index (κ3) is 2.06.